The molecule has 0 aromatic carbocycles. The number of esters is 1. The quantitative estimate of drug-likeness (QED) is 0.0400. The third-order valence-electron chi connectivity index (χ3n) is 25.3. The maximum atomic E-state index is 15.3. The van der Waals surface area contributed by atoms with Crippen LogP contribution in [0.3, 0.4) is 0 Å². The predicted octanol–water partition coefficient (Wildman–Crippen LogP) is -3.84. The van der Waals surface area contributed by atoms with Crippen LogP contribution >= 0.6 is 0 Å². The van der Waals surface area contributed by atoms with Gasteiger partial charge >= 0.3 is 5.97 Å². The van der Waals surface area contributed by atoms with Crippen LogP contribution in [-0.2, 0) is 61.6 Å². The summed E-state index contributed by atoms with van der Waals surface area (Å²) in [5, 5.41) is 184. The summed E-state index contributed by atoms with van der Waals surface area (Å²) in [4.78, 5) is 15.3. The SMILES string of the molecule is CC(C)[C@@H]1CC[C@]2(C(=O)O[C@@H]3O[C@H](CO[C@@H]4O[C@H](CO)[C@@H](O[C@@H]5O[C@@H](C)[C@H](O)[C@@H](O)[C@H]5O)[C@H](O)[C@H]4O)[C@H](O)[C@H](O)[C@H]3O)CC[C@]3(C)C(=CC[C@H]4[C@@]5(C)CC[C@H](O[C@@H]6OC[C@H](O)[C@H](O)[C@H]6O[C@@H]6O[C@@H](C)[C@H](O)[C@@H](O[C@@H]7O[C@H](CO)[C@@H](O)[C@H](O)[C@H]7O)[C@H]6O)C(C)(C)[C@H]5CC[C@]43C)[C@H]12. The molecule has 11 rings (SSSR count). The summed E-state index contributed by atoms with van der Waals surface area (Å²) >= 11 is 0. The van der Waals surface area contributed by atoms with E-state index < -0.39 is 221 Å². The second-order valence-electron chi connectivity index (χ2n) is 31.0. The minimum absolute atomic E-state index is 0.0646. The standard InChI is InChI=1S/C65H106O30/c1-24(2)27-12-17-65(60(83)95-57-48(80)44(76)41(73)32(90-57)23-85-54-49(81)45(77)51(31(21-67)89-54)92-55-46(78)42(74)37(69)25(3)86-55)19-18-63(8)28(36(27)65)10-11-34-62(7)15-14-35(61(5,6)33(62)13-16-64(34,63)9)91-59-53(39(71)29(68)22-84-59)94-58-50(82)52(38(70)26(4)87-58)93-56-47(79)43(75)40(72)30(20-66)88-56/h10,24-27,29-59,66-82H,11-23H2,1-9H3/t25-,26-,27-,29-,30+,31+,32+,33+,34-,35-,36-,37-,38-,39-,40+,41-,42+,43-,44-,45+,46+,47+,48+,49+,50+,51+,52+,53+,54+,55-,56-,57-,58-,59-,62-,63+,64+,65-/m0/s1. The predicted molar refractivity (Wildman–Crippen MR) is 319 cm³/mol. The van der Waals surface area contributed by atoms with E-state index in [0.29, 0.717) is 32.1 Å². The highest BCUT2D eigenvalue weighted by atomic mass is 16.8. The van der Waals surface area contributed by atoms with Crippen LogP contribution in [0.1, 0.15) is 120 Å². The average molecular weight is 1370 g/mol. The van der Waals surface area contributed by atoms with Gasteiger partial charge in [-0.15, -0.1) is 0 Å². The Morgan fingerprint density at radius 3 is 1.73 bits per heavy atom. The number of aliphatic hydroxyl groups is 17. The molecule has 546 valence electrons. The Morgan fingerprint density at radius 2 is 1.07 bits per heavy atom. The Morgan fingerprint density at radius 1 is 0.516 bits per heavy atom. The molecule has 5 aliphatic carbocycles. The highest BCUT2D eigenvalue weighted by Gasteiger charge is 2.71. The van der Waals surface area contributed by atoms with Crippen LogP contribution in [0, 0.1) is 56.7 Å². The lowest BCUT2D eigenvalue weighted by Crippen LogP contribution is -2.66. The molecule has 0 bridgehead atoms. The molecule has 6 aliphatic heterocycles. The summed E-state index contributed by atoms with van der Waals surface area (Å²) in [6.07, 6.45) is -39.0. The van der Waals surface area contributed by atoms with E-state index in [2.05, 4.69) is 54.5 Å². The molecule has 11 aliphatic rings. The maximum absolute atomic E-state index is 15.3. The molecule has 10 fully saturated rings. The van der Waals surface area contributed by atoms with Gasteiger partial charge in [-0.3, -0.25) is 4.79 Å². The van der Waals surface area contributed by atoms with E-state index in [0.717, 1.165) is 25.7 Å². The molecule has 0 aromatic rings. The zero-order valence-electron chi connectivity index (χ0n) is 55.4. The first-order valence-electron chi connectivity index (χ1n) is 34.1. The van der Waals surface area contributed by atoms with E-state index in [4.69, 9.17) is 56.8 Å². The lowest BCUT2D eigenvalue weighted by Gasteiger charge is -2.70. The summed E-state index contributed by atoms with van der Waals surface area (Å²) in [5.41, 5.74) is -1.26. The van der Waals surface area contributed by atoms with Crippen LogP contribution in [0.2, 0.25) is 0 Å². The molecule has 0 radical (unpaired) electrons. The van der Waals surface area contributed by atoms with Gasteiger partial charge in [-0.1, -0.05) is 60.1 Å². The number of allylic oxidation sites excluding steroid dienone is 2. The van der Waals surface area contributed by atoms with Crippen LogP contribution in [-0.4, -0.2) is 303 Å². The fourth-order valence-electron chi connectivity index (χ4n) is 19.3. The van der Waals surface area contributed by atoms with Crippen LogP contribution < -0.4 is 0 Å². The van der Waals surface area contributed by atoms with Crippen molar-refractivity contribution in [2.45, 2.75) is 304 Å². The zero-order chi connectivity index (χ0) is 69.2. The average Bonchev–Trinajstić information content (AvgIpc) is 1.63. The summed E-state index contributed by atoms with van der Waals surface area (Å²) < 4.78 is 71.6. The van der Waals surface area contributed by atoms with Gasteiger partial charge in [-0.2, -0.15) is 0 Å². The van der Waals surface area contributed by atoms with Crippen LogP contribution in [0.25, 0.3) is 0 Å². The second-order valence-corrected chi connectivity index (χ2v) is 31.0. The Hall–Kier alpha value is -1.91. The fourth-order valence-corrected chi connectivity index (χ4v) is 19.3. The van der Waals surface area contributed by atoms with Gasteiger partial charge in [0.2, 0.25) is 6.29 Å². The van der Waals surface area contributed by atoms with E-state index in [1.807, 2.05) is 0 Å². The maximum Gasteiger partial charge on any atom is 0.315 e. The molecular formula is C65H106O30. The summed E-state index contributed by atoms with van der Waals surface area (Å²) in [6, 6.07) is 0. The molecule has 0 aromatic heterocycles. The first kappa shape index (κ1) is 74.3. The number of hydrogen-bond acceptors (Lipinski definition) is 30. The molecular weight excluding hydrogens is 1260 g/mol. The van der Waals surface area contributed by atoms with E-state index >= 15 is 4.79 Å². The highest BCUT2D eigenvalue weighted by molar-refractivity contribution is 5.79. The Bertz CT molecular complexity index is 2660. The van der Waals surface area contributed by atoms with E-state index in [1.165, 1.54) is 19.4 Å². The van der Waals surface area contributed by atoms with Crippen molar-refractivity contribution in [1.82, 2.24) is 0 Å². The van der Waals surface area contributed by atoms with Crippen LogP contribution in [0.5, 0.6) is 0 Å². The number of fused-ring (bicyclic) bond motifs is 7. The highest BCUT2D eigenvalue weighted by Crippen LogP contribution is 2.77. The third-order valence-corrected chi connectivity index (χ3v) is 25.3. The first-order valence-corrected chi connectivity index (χ1v) is 34.1. The number of rotatable bonds is 16. The number of carbonyl (C=O) groups is 1. The van der Waals surface area contributed by atoms with Crippen molar-refractivity contribution < 1.29 is 148 Å². The van der Waals surface area contributed by atoms with Crippen molar-refractivity contribution in [3.05, 3.63) is 11.6 Å². The van der Waals surface area contributed by atoms with Crippen molar-refractivity contribution in [2.75, 3.05) is 26.4 Å². The van der Waals surface area contributed by atoms with E-state index in [-0.39, 0.29) is 52.4 Å². The molecule has 17 N–H and O–H groups in total. The largest absolute Gasteiger partial charge is 0.432 e. The van der Waals surface area contributed by atoms with Crippen molar-refractivity contribution in [3.8, 4) is 0 Å². The molecule has 30 heteroatoms. The van der Waals surface area contributed by atoms with Gasteiger partial charge in [0.25, 0.3) is 0 Å². The monoisotopic (exact) mass is 1370 g/mol. The smallest absolute Gasteiger partial charge is 0.315 e. The Kier molecular flexibility index (Phi) is 21.9. The van der Waals surface area contributed by atoms with Gasteiger partial charge in [0.05, 0.1) is 50.2 Å². The number of hydrogen-bond donors (Lipinski definition) is 17. The summed E-state index contributed by atoms with van der Waals surface area (Å²) in [7, 11) is 0. The fraction of sp³-hybridized carbons (Fsp3) is 0.954. The lowest BCUT2D eigenvalue weighted by molar-refractivity contribution is -0.382. The van der Waals surface area contributed by atoms with Crippen molar-refractivity contribution in [3.63, 3.8) is 0 Å². The zero-order valence-corrected chi connectivity index (χ0v) is 55.4. The minimum Gasteiger partial charge on any atom is -0.432 e. The molecule has 30 nitrogen and oxygen atoms in total. The van der Waals surface area contributed by atoms with Crippen molar-refractivity contribution in [2.24, 2.45) is 56.7 Å². The van der Waals surface area contributed by atoms with Gasteiger partial charge < -0.3 is 144 Å². The second kappa shape index (κ2) is 28.0. The number of ether oxygens (including phenoxy) is 12. The molecule has 4 saturated carbocycles. The summed E-state index contributed by atoms with van der Waals surface area (Å²) in [5.74, 6) is -0.395. The van der Waals surface area contributed by atoms with Gasteiger partial charge in [0, 0.05) is 0 Å². The van der Waals surface area contributed by atoms with E-state index in [9.17, 15) is 86.8 Å². The molecule has 6 saturated heterocycles. The minimum atomic E-state index is -1.91. The number of carbonyl (C=O) groups excluding carboxylic acids is 1. The molecule has 95 heavy (non-hydrogen) atoms. The van der Waals surface area contributed by atoms with Gasteiger partial charge in [0.1, 0.15) is 128 Å². The molecule has 6 heterocycles. The number of aliphatic hydroxyl groups excluding tert-OH is 17. The van der Waals surface area contributed by atoms with E-state index in [1.54, 1.807) is 0 Å². The Labute approximate surface area is 551 Å². The first-order chi connectivity index (χ1) is 44.6. The van der Waals surface area contributed by atoms with Gasteiger partial charge in [-0.05, 0) is 123 Å². The Balaban J connectivity index is 0.763. The van der Waals surface area contributed by atoms with Crippen molar-refractivity contribution in [1.29, 1.82) is 0 Å². The van der Waals surface area contributed by atoms with Gasteiger partial charge in [-0.25, -0.2) is 0 Å². The van der Waals surface area contributed by atoms with Crippen LogP contribution in [0.4, 0.5) is 0 Å². The third kappa shape index (κ3) is 12.6. The van der Waals surface area contributed by atoms with Crippen molar-refractivity contribution >= 4 is 5.97 Å². The molecule has 0 spiro atoms. The lowest BCUT2D eigenvalue weighted by atomic mass is 9.34. The summed E-state index contributed by atoms with van der Waals surface area (Å²) in [6.45, 7) is 16.2. The van der Waals surface area contributed by atoms with Crippen LogP contribution in [0.15, 0.2) is 11.6 Å². The molecule has 38 atom stereocenters. The molecule has 0 amide bonds. The molecule has 0 unspecified atom stereocenters. The topological polar surface area (TPSA) is 472 Å². The van der Waals surface area contributed by atoms with Gasteiger partial charge in [0.15, 0.2) is 31.5 Å². The normalized spacial score (nSPS) is 54.7.